The molecule has 130 valence electrons. The molecule has 0 aliphatic carbocycles. The summed E-state index contributed by atoms with van der Waals surface area (Å²) in [7, 11) is 0. The summed E-state index contributed by atoms with van der Waals surface area (Å²) in [5, 5.41) is 11.5. The highest BCUT2D eigenvalue weighted by molar-refractivity contribution is 5.75. The van der Waals surface area contributed by atoms with Crippen LogP contribution in [-0.2, 0) is 17.8 Å². The minimum Gasteiger partial charge on any atom is -0.356 e. The standard InChI is InChI=1S/C19H23N5O/c1-15-14-16(2)23(22-15)13-9-19(25)20-11-8-17-4-6-18(7-5-17)24-12-3-10-21-24/h3-7,10,12,14H,8-9,11,13H2,1-2H3,(H,20,25). The third-order valence-electron chi connectivity index (χ3n) is 4.10. The molecule has 3 rings (SSSR count). The minimum atomic E-state index is 0.0562. The Morgan fingerprint density at radius 1 is 1.20 bits per heavy atom. The van der Waals surface area contributed by atoms with Crippen molar-refractivity contribution in [3.63, 3.8) is 0 Å². The number of aryl methyl sites for hydroxylation is 3. The number of amides is 1. The molecule has 0 unspecified atom stereocenters. The molecular weight excluding hydrogens is 314 g/mol. The van der Waals surface area contributed by atoms with Gasteiger partial charge in [-0.1, -0.05) is 12.1 Å². The van der Waals surface area contributed by atoms with Gasteiger partial charge >= 0.3 is 0 Å². The first kappa shape index (κ1) is 17.0. The van der Waals surface area contributed by atoms with Crippen LogP contribution in [0.1, 0.15) is 23.4 Å². The van der Waals surface area contributed by atoms with Gasteiger partial charge in [-0.3, -0.25) is 9.48 Å². The second-order valence-corrected chi connectivity index (χ2v) is 6.12. The van der Waals surface area contributed by atoms with E-state index in [0.29, 0.717) is 19.5 Å². The number of nitrogens with one attached hydrogen (secondary N) is 1. The van der Waals surface area contributed by atoms with E-state index in [2.05, 4.69) is 27.6 Å². The molecule has 6 heteroatoms. The smallest absolute Gasteiger partial charge is 0.221 e. The summed E-state index contributed by atoms with van der Waals surface area (Å²) in [6.45, 7) is 5.22. The Hall–Kier alpha value is -2.89. The maximum absolute atomic E-state index is 12.0. The van der Waals surface area contributed by atoms with Crippen LogP contribution in [0.3, 0.4) is 0 Å². The zero-order valence-electron chi connectivity index (χ0n) is 14.6. The van der Waals surface area contributed by atoms with E-state index in [-0.39, 0.29) is 5.91 Å². The molecule has 1 N–H and O–H groups in total. The molecule has 1 aromatic carbocycles. The van der Waals surface area contributed by atoms with Gasteiger partial charge in [-0.25, -0.2) is 4.68 Å². The van der Waals surface area contributed by atoms with Crippen molar-refractivity contribution in [2.75, 3.05) is 6.54 Å². The Morgan fingerprint density at radius 2 is 2.00 bits per heavy atom. The van der Waals surface area contributed by atoms with Crippen LogP contribution in [0, 0.1) is 13.8 Å². The minimum absolute atomic E-state index is 0.0562. The van der Waals surface area contributed by atoms with Gasteiger partial charge in [0.05, 0.1) is 11.4 Å². The van der Waals surface area contributed by atoms with Crippen LogP contribution in [0.4, 0.5) is 0 Å². The van der Waals surface area contributed by atoms with Crippen LogP contribution in [0.25, 0.3) is 5.69 Å². The summed E-state index contributed by atoms with van der Waals surface area (Å²) in [5.41, 5.74) is 4.29. The van der Waals surface area contributed by atoms with Gasteiger partial charge < -0.3 is 5.32 Å². The van der Waals surface area contributed by atoms with E-state index in [1.54, 1.807) is 6.20 Å². The van der Waals surface area contributed by atoms with Gasteiger partial charge in [0, 0.05) is 37.6 Å². The fraction of sp³-hybridized carbons (Fsp3) is 0.316. The fourth-order valence-electron chi connectivity index (χ4n) is 2.78. The first-order valence-electron chi connectivity index (χ1n) is 8.48. The number of rotatable bonds is 7. The molecule has 0 spiro atoms. The summed E-state index contributed by atoms with van der Waals surface area (Å²) < 4.78 is 3.70. The summed E-state index contributed by atoms with van der Waals surface area (Å²) in [6, 6.07) is 12.1. The van der Waals surface area contributed by atoms with E-state index < -0.39 is 0 Å². The molecule has 25 heavy (non-hydrogen) atoms. The van der Waals surface area contributed by atoms with Gasteiger partial charge in [0.25, 0.3) is 0 Å². The molecule has 6 nitrogen and oxygen atoms in total. The van der Waals surface area contributed by atoms with E-state index in [1.807, 2.05) is 53.7 Å². The number of hydrogen-bond donors (Lipinski definition) is 1. The van der Waals surface area contributed by atoms with Crippen molar-refractivity contribution >= 4 is 5.91 Å². The van der Waals surface area contributed by atoms with Gasteiger partial charge in [-0.15, -0.1) is 0 Å². The van der Waals surface area contributed by atoms with E-state index in [0.717, 1.165) is 23.5 Å². The molecule has 0 atom stereocenters. The van der Waals surface area contributed by atoms with Crippen LogP contribution in [-0.4, -0.2) is 32.0 Å². The molecule has 2 heterocycles. The second kappa shape index (κ2) is 7.79. The Kier molecular flexibility index (Phi) is 5.28. The Balaban J connectivity index is 1.41. The van der Waals surface area contributed by atoms with Gasteiger partial charge in [0.2, 0.25) is 5.91 Å². The van der Waals surface area contributed by atoms with E-state index in [1.165, 1.54) is 5.56 Å². The molecule has 0 saturated heterocycles. The van der Waals surface area contributed by atoms with Crippen molar-refractivity contribution in [2.24, 2.45) is 0 Å². The predicted octanol–water partition coefficient (Wildman–Crippen LogP) is 2.43. The zero-order chi connectivity index (χ0) is 17.6. The van der Waals surface area contributed by atoms with E-state index in [9.17, 15) is 4.79 Å². The number of aromatic nitrogens is 4. The highest BCUT2D eigenvalue weighted by Crippen LogP contribution is 2.09. The van der Waals surface area contributed by atoms with Gasteiger partial charge in [0.15, 0.2) is 0 Å². The largest absolute Gasteiger partial charge is 0.356 e. The molecule has 0 fully saturated rings. The third-order valence-corrected chi connectivity index (χ3v) is 4.10. The van der Waals surface area contributed by atoms with Crippen molar-refractivity contribution in [1.29, 1.82) is 0 Å². The van der Waals surface area contributed by atoms with Gasteiger partial charge in [0.1, 0.15) is 0 Å². The number of nitrogens with zero attached hydrogens (tertiary/aromatic N) is 4. The molecule has 0 saturated carbocycles. The summed E-state index contributed by atoms with van der Waals surface area (Å²) in [5.74, 6) is 0.0562. The van der Waals surface area contributed by atoms with Crippen LogP contribution < -0.4 is 5.32 Å². The predicted molar refractivity (Wildman–Crippen MR) is 96.6 cm³/mol. The lowest BCUT2D eigenvalue weighted by atomic mass is 10.1. The van der Waals surface area contributed by atoms with Crippen LogP contribution in [0.5, 0.6) is 0 Å². The molecule has 0 aliphatic heterocycles. The average molecular weight is 337 g/mol. The lowest BCUT2D eigenvalue weighted by Gasteiger charge is -2.07. The molecule has 0 bridgehead atoms. The number of carbonyl (C=O) groups is 1. The maximum Gasteiger partial charge on any atom is 0.221 e. The second-order valence-electron chi connectivity index (χ2n) is 6.12. The molecule has 0 radical (unpaired) electrons. The van der Waals surface area contributed by atoms with Crippen LogP contribution >= 0.6 is 0 Å². The SMILES string of the molecule is Cc1cc(C)n(CCC(=O)NCCc2ccc(-n3cccn3)cc2)n1. The first-order chi connectivity index (χ1) is 12.1. The number of carbonyl (C=O) groups excluding carboxylic acids is 1. The van der Waals surface area contributed by atoms with E-state index >= 15 is 0 Å². The monoisotopic (exact) mass is 337 g/mol. The molecule has 3 aromatic rings. The van der Waals surface area contributed by atoms with Gasteiger partial charge in [-0.05, 0) is 50.1 Å². The van der Waals surface area contributed by atoms with Crippen LogP contribution in [0.2, 0.25) is 0 Å². The lowest BCUT2D eigenvalue weighted by molar-refractivity contribution is -0.121. The van der Waals surface area contributed by atoms with Crippen molar-refractivity contribution in [2.45, 2.75) is 33.2 Å². The molecular formula is C19H23N5O. The fourth-order valence-corrected chi connectivity index (χ4v) is 2.78. The summed E-state index contributed by atoms with van der Waals surface area (Å²) >= 11 is 0. The van der Waals surface area contributed by atoms with Crippen molar-refractivity contribution in [1.82, 2.24) is 24.9 Å². The zero-order valence-corrected chi connectivity index (χ0v) is 14.6. The first-order valence-corrected chi connectivity index (χ1v) is 8.48. The Morgan fingerprint density at radius 3 is 2.64 bits per heavy atom. The highest BCUT2D eigenvalue weighted by Gasteiger charge is 2.05. The highest BCUT2D eigenvalue weighted by atomic mass is 16.1. The number of benzene rings is 1. The lowest BCUT2D eigenvalue weighted by Crippen LogP contribution is -2.26. The van der Waals surface area contributed by atoms with Crippen molar-refractivity contribution in [3.05, 3.63) is 65.7 Å². The quantitative estimate of drug-likeness (QED) is 0.720. The van der Waals surface area contributed by atoms with Crippen LogP contribution in [0.15, 0.2) is 48.8 Å². The van der Waals surface area contributed by atoms with Crippen molar-refractivity contribution < 1.29 is 4.79 Å². The molecule has 2 aromatic heterocycles. The van der Waals surface area contributed by atoms with Gasteiger partial charge in [-0.2, -0.15) is 10.2 Å². The normalized spacial score (nSPS) is 10.8. The van der Waals surface area contributed by atoms with E-state index in [4.69, 9.17) is 0 Å². The number of hydrogen-bond acceptors (Lipinski definition) is 3. The van der Waals surface area contributed by atoms with Crippen molar-refractivity contribution in [3.8, 4) is 5.69 Å². The maximum atomic E-state index is 12.0. The summed E-state index contributed by atoms with van der Waals surface area (Å²) in [6.07, 6.45) is 4.93. The topological polar surface area (TPSA) is 64.7 Å². The average Bonchev–Trinajstić information content (AvgIpc) is 3.23. The molecule has 1 amide bonds. The Bertz CT molecular complexity index is 818. The third kappa shape index (κ3) is 4.56. The Labute approximate surface area is 147 Å². The molecule has 0 aliphatic rings. The summed E-state index contributed by atoms with van der Waals surface area (Å²) in [4.78, 5) is 12.0.